The zero-order valence-corrected chi connectivity index (χ0v) is 17.0. The molecule has 0 saturated carbocycles. The first-order valence-corrected chi connectivity index (χ1v) is 10.1. The summed E-state index contributed by atoms with van der Waals surface area (Å²) in [4.78, 5) is 27.7. The van der Waals surface area contributed by atoms with Crippen LogP contribution in [0.5, 0.6) is 0 Å². The van der Waals surface area contributed by atoms with Gasteiger partial charge in [-0.25, -0.2) is 0 Å². The van der Waals surface area contributed by atoms with Gasteiger partial charge in [-0.1, -0.05) is 36.4 Å². The maximum absolute atomic E-state index is 13.2. The lowest BCUT2D eigenvalue weighted by Gasteiger charge is -2.32. The molecular formula is C21H23N5O2S. The van der Waals surface area contributed by atoms with Crippen molar-refractivity contribution in [2.75, 3.05) is 13.1 Å². The summed E-state index contributed by atoms with van der Waals surface area (Å²) in [7, 11) is 1.80. The number of rotatable bonds is 4. The fourth-order valence-electron chi connectivity index (χ4n) is 3.81. The van der Waals surface area contributed by atoms with Crippen molar-refractivity contribution in [1.82, 2.24) is 25.0 Å². The summed E-state index contributed by atoms with van der Waals surface area (Å²) >= 11 is 5.09. The lowest BCUT2D eigenvalue weighted by molar-refractivity contribution is -0.126. The maximum Gasteiger partial charge on any atom is 0.254 e. The van der Waals surface area contributed by atoms with Crippen molar-refractivity contribution in [2.24, 2.45) is 13.0 Å². The summed E-state index contributed by atoms with van der Waals surface area (Å²) in [5.74, 6) is 0.362. The highest BCUT2D eigenvalue weighted by molar-refractivity contribution is 7.71. The van der Waals surface area contributed by atoms with Gasteiger partial charge >= 0.3 is 0 Å². The largest absolute Gasteiger partial charge is 0.348 e. The third-order valence-electron chi connectivity index (χ3n) is 5.49. The lowest BCUT2D eigenvalue weighted by Crippen LogP contribution is -2.45. The standard InChI is InChI=1S/C21H23N5O2S/c1-25-18(23-24-21(25)29)12-22-19(27)15-8-5-11-26(13-15)20(28)17-10-4-7-14-6-2-3-9-16(14)17/h2-4,6-7,9-10,15H,5,8,11-13H2,1H3,(H,22,27)(H,24,29). The molecule has 2 N–H and O–H groups in total. The Labute approximate surface area is 173 Å². The predicted molar refractivity (Wildman–Crippen MR) is 113 cm³/mol. The number of aromatic nitrogens is 3. The van der Waals surface area contributed by atoms with E-state index in [9.17, 15) is 9.59 Å². The minimum absolute atomic E-state index is 0.0197. The van der Waals surface area contributed by atoms with Gasteiger partial charge in [0.25, 0.3) is 5.91 Å². The normalized spacial score (nSPS) is 16.7. The van der Waals surface area contributed by atoms with Gasteiger partial charge in [0.15, 0.2) is 10.6 Å². The topological polar surface area (TPSA) is 83.0 Å². The second-order valence-corrected chi connectivity index (χ2v) is 7.73. The molecule has 2 amide bonds. The van der Waals surface area contributed by atoms with Gasteiger partial charge < -0.3 is 14.8 Å². The van der Waals surface area contributed by atoms with Gasteiger partial charge in [-0.05, 0) is 41.9 Å². The molecule has 1 aliphatic heterocycles. The number of amides is 2. The highest BCUT2D eigenvalue weighted by Crippen LogP contribution is 2.23. The predicted octanol–water partition coefficient (Wildman–Crippen LogP) is 2.80. The molecule has 8 heteroatoms. The van der Waals surface area contributed by atoms with E-state index in [1.54, 1.807) is 16.5 Å². The smallest absolute Gasteiger partial charge is 0.254 e. The van der Waals surface area contributed by atoms with E-state index in [0.29, 0.717) is 35.8 Å². The number of fused-ring (bicyclic) bond motifs is 1. The number of H-pyrrole nitrogens is 1. The van der Waals surface area contributed by atoms with Crippen molar-refractivity contribution >= 4 is 34.8 Å². The van der Waals surface area contributed by atoms with E-state index in [1.807, 2.05) is 42.5 Å². The highest BCUT2D eigenvalue weighted by atomic mass is 32.1. The van der Waals surface area contributed by atoms with E-state index >= 15 is 0 Å². The first-order chi connectivity index (χ1) is 14.0. The molecule has 0 radical (unpaired) electrons. The Bertz CT molecular complexity index is 1110. The van der Waals surface area contributed by atoms with Gasteiger partial charge in [-0.2, -0.15) is 5.10 Å². The Balaban J connectivity index is 1.45. The lowest BCUT2D eigenvalue weighted by atomic mass is 9.95. The first-order valence-electron chi connectivity index (χ1n) is 9.69. The molecule has 2 heterocycles. The monoisotopic (exact) mass is 409 g/mol. The van der Waals surface area contributed by atoms with Gasteiger partial charge in [0, 0.05) is 25.7 Å². The van der Waals surface area contributed by atoms with Gasteiger partial charge in [-0.15, -0.1) is 0 Å². The zero-order chi connectivity index (χ0) is 20.4. The van der Waals surface area contributed by atoms with Crippen LogP contribution >= 0.6 is 12.2 Å². The zero-order valence-electron chi connectivity index (χ0n) is 16.2. The molecule has 1 unspecified atom stereocenters. The number of carbonyl (C=O) groups is 2. The molecule has 1 aromatic heterocycles. The number of hydrogen-bond acceptors (Lipinski definition) is 4. The molecule has 4 rings (SSSR count). The number of carbonyl (C=O) groups excluding carboxylic acids is 2. The van der Waals surface area contributed by atoms with Crippen molar-refractivity contribution in [3.05, 3.63) is 58.6 Å². The number of likely N-dealkylation sites (tertiary alicyclic amines) is 1. The quantitative estimate of drug-likeness (QED) is 0.649. The number of piperidine rings is 1. The first kappa shape index (κ1) is 19.3. The molecule has 29 heavy (non-hydrogen) atoms. The summed E-state index contributed by atoms with van der Waals surface area (Å²) in [6.45, 7) is 1.39. The van der Waals surface area contributed by atoms with E-state index in [-0.39, 0.29) is 17.7 Å². The van der Waals surface area contributed by atoms with Crippen LogP contribution in [0.2, 0.25) is 0 Å². The molecule has 0 bridgehead atoms. The van der Waals surface area contributed by atoms with Crippen LogP contribution in [0, 0.1) is 10.7 Å². The van der Waals surface area contributed by atoms with Crippen molar-refractivity contribution in [2.45, 2.75) is 19.4 Å². The fraction of sp³-hybridized carbons (Fsp3) is 0.333. The van der Waals surface area contributed by atoms with Crippen LogP contribution in [-0.2, 0) is 18.4 Å². The Kier molecular flexibility index (Phi) is 5.44. The van der Waals surface area contributed by atoms with Crippen LogP contribution in [0.15, 0.2) is 42.5 Å². The molecule has 1 fully saturated rings. The second-order valence-electron chi connectivity index (χ2n) is 7.34. The third-order valence-corrected chi connectivity index (χ3v) is 5.86. The van der Waals surface area contributed by atoms with Crippen molar-refractivity contribution < 1.29 is 9.59 Å². The van der Waals surface area contributed by atoms with Crippen LogP contribution in [0.1, 0.15) is 29.0 Å². The third kappa shape index (κ3) is 3.93. The van der Waals surface area contributed by atoms with E-state index in [0.717, 1.165) is 23.6 Å². The Morgan fingerprint density at radius 3 is 2.83 bits per heavy atom. The minimum atomic E-state index is -0.227. The second kappa shape index (κ2) is 8.16. The van der Waals surface area contributed by atoms with E-state index in [1.165, 1.54) is 0 Å². The minimum Gasteiger partial charge on any atom is -0.348 e. The molecular weight excluding hydrogens is 386 g/mol. The molecule has 150 valence electrons. The molecule has 0 spiro atoms. The number of hydrogen-bond donors (Lipinski definition) is 2. The molecule has 2 aromatic carbocycles. The molecule has 3 aromatic rings. The average Bonchev–Trinajstić information content (AvgIpc) is 3.08. The number of benzene rings is 2. The molecule has 1 aliphatic rings. The van der Waals surface area contributed by atoms with E-state index in [4.69, 9.17) is 12.2 Å². The maximum atomic E-state index is 13.2. The van der Waals surface area contributed by atoms with Gasteiger partial charge in [0.1, 0.15) is 0 Å². The van der Waals surface area contributed by atoms with Gasteiger partial charge in [-0.3, -0.25) is 14.7 Å². The Morgan fingerprint density at radius 1 is 1.24 bits per heavy atom. The summed E-state index contributed by atoms with van der Waals surface area (Å²) in [6.07, 6.45) is 1.57. The van der Waals surface area contributed by atoms with Crippen LogP contribution in [0.25, 0.3) is 10.8 Å². The molecule has 7 nitrogen and oxygen atoms in total. The summed E-state index contributed by atoms with van der Waals surface area (Å²) in [6, 6.07) is 13.6. The summed E-state index contributed by atoms with van der Waals surface area (Å²) in [5.41, 5.74) is 0.686. The average molecular weight is 410 g/mol. The van der Waals surface area contributed by atoms with Crippen molar-refractivity contribution in [3.63, 3.8) is 0 Å². The Morgan fingerprint density at radius 2 is 2.03 bits per heavy atom. The Hall–Kier alpha value is -3.00. The van der Waals surface area contributed by atoms with Crippen LogP contribution in [0.4, 0.5) is 0 Å². The summed E-state index contributed by atoms with van der Waals surface area (Å²) in [5, 5.41) is 11.7. The molecule has 0 aliphatic carbocycles. The SMILES string of the molecule is Cn1c(CNC(=O)C2CCCN(C(=O)c3cccc4ccccc34)C2)n[nH]c1=S. The van der Waals surface area contributed by atoms with E-state index in [2.05, 4.69) is 15.5 Å². The highest BCUT2D eigenvalue weighted by Gasteiger charge is 2.29. The van der Waals surface area contributed by atoms with Crippen LogP contribution in [0.3, 0.4) is 0 Å². The van der Waals surface area contributed by atoms with Crippen LogP contribution < -0.4 is 5.32 Å². The van der Waals surface area contributed by atoms with Crippen LogP contribution in [-0.4, -0.2) is 44.6 Å². The fourth-order valence-corrected chi connectivity index (χ4v) is 3.96. The number of aromatic amines is 1. The number of nitrogens with zero attached hydrogens (tertiary/aromatic N) is 3. The van der Waals surface area contributed by atoms with Crippen molar-refractivity contribution in [1.29, 1.82) is 0 Å². The van der Waals surface area contributed by atoms with Gasteiger partial charge in [0.05, 0.1) is 12.5 Å². The summed E-state index contributed by atoms with van der Waals surface area (Å²) < 4.78 is 2.24. The molecule has 1 saturated heterocycles. The van der Waals surface area contributed by atoms with E-state index < -0.39 is 0 Å². The van der Waals surface area contributed by atoms with Crippen molar-refractivity contribution in [3.8, 4) is 0 Å². The number of nitrogens with one attached hydrogen (secondary N) is 2. The van der Waals surface area contributed by atoms with Gasteiger partial charge in [0.2, 0.25) is 5.91 Å². The molecule has 1 atom stereocenters.